The van der Waals surface area contributed by atoms with E-state index in [-0.39, 0.29) is 18.2 Å². The molecule has 6 nitrogen and oxygen atoms in total. The quantitative estimate of drug-likeness (QED) is 0.329. The van der Waals surface area contributed by atoms with Crippen LogP contribution in [-0.4, -0.2) is 42.5 Å². The van der Waals surface area contributed by atoms with E-state index in [1.165, 1.54) is 0 Å². The Kier molecular flexibility index (Phi) is 11.0. The van der Waals surface area contributed by atoms with Gasteiger partial charge >= 0.3 is 0 Å². The van der Waals surface area contributed by atoms with Crippen molar-refractivity contribution in [2.75, 3.05) is 19.8 Å². The van der Waals surface area contributed by atoms with Crippen molar-refractivity contribution in [1.29, 1.82) is 0 Å². The van der Waals surface area contributed by atoms with E-state index in [1.54, 1.807) is 4.90 Å². The Hall–Kier alpha value is -3.80. The van der Waals surface area contributed by atoms with Crippen LogP contribution in [0.5, 0.6) is 11.5 Å². The second kappa shape index (κ2) is 14.7. The predicted octanol–water partition coefficient (Wildman–Crippen LogP) is 5.19. The molecule has 196 valence electrons. The van der Waals surface area contributed by atoms with Gasteiger partial charge in [0.15, 0.2) is 11.5 Å². The molecule has 0 heterocycles. The third-order valence-electron chi connectivity index (χ3n) is 6.05. The smallest absolute Gasteiger partial charge is 0.243 e. The summed E-state index contributed by atoms with van der Waals surface area (Å²) in [5, 5.41) is 2.94. The van der Waals surface area contributed by atoms with Gasteiger partial charge in [0.25, 0.3) is 0 Å². The van der Waals surface area contributed by atoms with E-state index in [9.17, 15) is 9.59 Å². The summed E-state index contributed by atoms with van der Waals surface area (Å²) in [6.45, 7) is 7.70. The maximum absolute atomic E-state index is 13.7. The van der Waals surface area contributed by atoms with Crippen LogP contribution in [0.1, 0.15) is 43.9 Å². The lowest BCUT2D eigenvalue weighted by Gasteiger charge is -2.31. The summed E-state index contributed by atoms with van der Waals surface area (Å²) in [6.07, 6.45) is 1.25. The summed E-state index contributed by atoms with van der Waals surface area (Å²) in [5.74, 6) is 1.17. The molecule has 3 rings (SSSR count). The summed E-state index contributed by atoms with van der Waals surface area (Å²) < 4.78 is 11.4. The van der Waals surface area contributed by atoms with Gasteiger partial charge in [-0.1, -0.05) is 66.7 Å². The largest absolute Gasteiger partial charge is 0.490 e. The van der Waals surface area contributed by atoms with Crippen molar-refractivity contribution in [2.24, 2.45) is 0 Å². The van der Waals surface area contributed by atoms with Gasteiger partial charge in [0, 0.05) is 25.9 Å². The van der Waals surface area contributed by atoms with Crippen LogP contribution >= 0.6 is 0 Å². The first-order valence-electron chi connectivity index (χ1n) is 13.1. The fourth-order valence-electron chi connectivity index (χ4n) is 4.27. The average molecular weight is 503 g/mol. The topological polar surface area (TPSA) is 67.9 Å². The number of nitrogens with one attached hydrogen (secondary N) is 1. The molecule has 1 N–H and O–H groups in total. The normalized spacial score (nSPS) is 11.4. The molecule has 6 heteroatoms. The molecule has 1 atom stereocenters. The summed E-state index contributed by atoms with van der Waals surface area (Å²) in [7, 11) is 0. The number of rotatable bonds is 14. The molecule has 3 aromatic rings. The first-order chi connectivity index (χ1) is 18.0. The summed E-state index contributed by atoms with van der Waals surface area (Å²) in [5.41, 5.74) is 2.98. The molecule has 0 aromatic heterocycles. The van der Waals surface area contributed by atoms with Gasteiger partial charge in [0.1, 0.15) is 6.04 Å². The Balaban J connectivity index is 1.85. The Morgan fingerprint density at radius 3 is 2.03 bits per heavy atom. The lowest BCUT2D eigenvalue weighted by atomic mass is 10.0. The monoisotopic (exact) mass is 502 g/mol. The Morgan fingerprint density at radius 1 is 0.784 bits per heavy atom. The molecule has 0 aliphatic heterocycles. The second-order valence-corrected chi connectivity index (χ2v) is 8.75. The molecule has 37 heavy (non-hydrogen) atoms. The zero-order valence-electron chi connectivity index (χ0n) is 22.1. The van der Waals surface area contributed by atoms with Gasteiger partial charge in [0.2, 0.25) is 11.8 Å². The SMILES string of the molecule is CCNC(=O)C(Cc1ccccc1)N(Cc1ccccc1)C(=O)CCc1ccc(OCC)c(OCC)c1. The predicted molar refractivity (Wildman–Crippen MR) is 147 cm³/mol. The van der Waals surface area contributed by atoms with Crippen LogP contribution in [0.3, 0.4) is 0 Å². The van der Waals surface area contributed by atoms with Crippen LogP contribution in [0.4, 0.5) is 0 Å². The Morgan fingerprint density at radius 2 is 1.41 bits per heavy atom. The van der Waals surface area contributed by atoms with E-state index < -0.39 is 6.04 Å². The highest BCUT2D eigenvalue weighted by molar-refractivity contribution is 5.88. The lowest BCUT2D eigenvalue weighted by Crippen LogP contribution is -2.50. The molecule has 0 fully saturated rings. The van der Waals surface area contributed by atoms with Crippen LogP contribution in [0.25, 0.3) is 0 Å². The van der Waals surface area contributed by atoms with Crippen molar-refractivity contribution < 1.29 is 19.1 Å². The van der Waals surface area contributed by atoms with Gasteiger partial charge in [-0.05, 0) is 56.0 Å². The van der Waals surface area contributed by atoms with E-state index in [0.717, 1.165) is 16.7 Å². The zero-order valence-corrected chi connectivity index (χ0v) is 22.1. The standard InChI is InChI=1S/C31H38N2O4/c1-4-32-31(35)27(21-24-13-9-7-10-14-24)33(23-26-15-11-8-12-16-26)30(34)20-18-25-17-19-28(36-5-2)29(22-25)37-6-3/h7-17,19,22,27H,4-6,18,20-21,23H2,1-3H3,(H,32,35). The molecule has 0 radical (unpaired) electrons. The maximum Gasteiger partial charge on any atom is 0.243 e. The van der Waals surface area contributed by atoms with Gasteiger partial charge in [-0.25, -0.2) is 0 Å². The first kappa shape index (κ1) is 27.8. The van der Waals surface area contributed by atoms with E-state index >= 15 is 0 Å². The number of likely N-dealkylation sites (N-methyl/N-ethyl adjacent to an activating group) is 1. The minimum Gasteiger partial charge on any atom is -0.490 e. The van der Waals surface area contributed by atoms with Crippen LogP contribution in [-0.2, 0) is 29.0 Å². The number of carbonyl (C=O) groups excluding carboxylic acids is 2. The highest BCUT2D eigenvalue weighted by Gasteiger charge is 2.30. The van der Waals surface area contributed by atoms with Crippen LogP contribution in [0.15, 0.2) is 78.9 Å². The number of carbonyl (C=O) groups is 2. The number of amides is 2. The Bertz CT molecular complexity index is 1120. The van der Waals surface area contributed by atoms with Crippen LogP contribution < -0.4 is 14.8 Å². The minimum atomic E-state index is -0.616. The van der Waals surface area contributed by atoms with E-state index in [2.05, 4.69) is 5.32 Å². The van der Waals surface area contributed by atoms with Crippen molar-refractivity contribution in [3.63, 3.8) is 0 Å². The molecular weight excluding hydrogens is 464 g/mol. The molecule has 0 saturated carbocycles. The number of hydrogen-bond acceptors (Lipinski definition) is 4. The van der Waals surface area contributed by atoms with Crippen LogP contribution in [0, 0.1) is 0 Å². The molecule has 0 aliphatic rings. The lowest BCUT2D eigenvalue weighted by molar-refractivity contribution is -0.141. The van der Waals surface area contributed by atoms with Crippen molar-refractivity contribution in [3.8, 4) is 11.5 Å². The fraction of sp³-hybridized carbons (Fsp3) is 0.355. The van der Waals surface area contributed by atoms with Crippen molar-refractivity contribution in [1.82, 2.24) is 10.2 Å². The highest BCUT2D eigenvalue weighted by atomic mass is 16.5. The molecule has 2 amide bonds. The summed E-state index contributed by atoms with van der Waals surface area (Å²) in [6, 6.07) is 24.8. The molecular formula is C31H38N2O4. The van der Waals surface area contributed by atoms with Crippen molar-refractivity contribution >= 4 is 11.8 Å². The van der Waals surface area contributed by atoms with Gasteiger partial charge in [-0.15, -0.1) is 0 Å². The van der Waals surface area contributed by atoms with E-state index in [1.807, 2.05) is 99.6 Å². The molecule has 1 unspecified atom stereocenters. The van der Waals surface area contributed by atoms with Gasteiger partial charge < -0.3 is 19.7 Å². The molecule has 3 aromatic carbocycles. The van der Waals surface area contributed by atoms with E-state index in [0.29, 0.717) is 50.6 Å². The van der Waals surface area contributed by atoms with Gasteiger partial charge in [-0.2, -0.15) is 0 Å². The number of ether oxygens (including phenoxy) is 2. The van der Waals surface area contributed by atoms with Crippen LogP contribution in [0.2, 0.25) is 0 Å². The number of hydrogen-bond donors (Lipinski definition) is 1. The second-order valence-electron chi connectivity index (χ2n) is 8.75. The maximum atomic E-state index is 13.7. The third-order valence-corrected chi connectivity index (χ3v) is 6.05. The molecule has 0 saturated heterocycles. The number of nitrogens with zero attached hydrogens (tertiary/aromatic N) is 1. The van der Waals surface area contributed by atoms with E-state index in [4.69, 9.17) is 9.47 Å². The molecule has 0 aliphatic carbocycles. The number of aryl methyl sites for hydroxylation is 1. The first-order valence-corrected chi connectivity index (χ1v) is 13.1. The van der Waals surface area contributed by atoms with Gasteiger partial charge in [-0.3, -0.25) is 9.59 Å². The van der Waals surface area contributed by atoms with Crippen molar-refractivity contribution in [3.05, 3.63) is 95.6 Å². The molecule has 0 spiro atoms. The third kappa shape index (κ3) is 8.38. The highest BCUT2D eigenvalue weighted by Crippen LogP contribution is 2.29. The van der Waals surface area contributed by atoms with Gasteiger partial charge in [0.05, 0.1) is 13.2 Å². The Labute approximate surface area is 220 Å². The van der Waals surface area contributed by atoms with Crippen molar-refractivity contribution in [2.45, 2.75) is 52.6 Å². The summed E-state index contributed by atoms with van der Waals surface area (Å²) in [4.78, 5) is 28.7. The number of benzene rings is 3. The average Bonchev–Trinajstić information content (AvgIpc) is 2.92. The molecule has 0 bridgehead atoms. The fourth-order valence-corrected chi connectivity index (χ4v) is 4.27. The minimum absolute atomic E-state index is 0.0668. The summed E-state index contributed by atoms with van der Waals surface area (Å²) >= 11 is 0. The zero-order chi connectivity index (χ0) is 26.5.